The van der Waals surface area contributed by atoms with Crippen molar-refractivity contribution in [3.8, 4) is 11.8 Å². The van der Waals surface area contributed by atoms with Gasteiger partial charge in [0, 0.05) is 17.8 Å². The topological polar surface area (TPSA) is 70.1 Å². The third kappa shape index (κ3) is 3.62. The van der Waals surface area contributed by atoms with E-state index in [9.17, 15) is 4.39 Å². The fourth-order valence-electron chi connectivity index (χ4n) is 2.96. The molecule has 7 nitrogen and oxygen atoms in total. The van der Waals surface area contributed by atoms with Crippen LogP contribution in [0.15, 0.2) is 55.1 Å². The van der Waals surface area contributed by atoms with Crippen molar-refractivity contribution in [3.63, 3.8) is 0 Å². The lowest BCUT2D eigenvalue weighted by molar-refractivity contribution is 0.223. The number of pyridine rings is 1. The molecule has 0 saturated heterocycles. The zero-order chi connectivity index (χ0) is 20.4. The van der Waals surface area contributed by atoms with Gasteiger partial charge in [0.2, 0.25) is 11.6 Å². The molecule has 1 aromatic carbocycles. The van der Waals surface area contributed by atoms with E-state index in [4.69, 9.17) is 11.3 Å². The summed E-state index contributed by atoms with van der Waals surface area (Å²) >= 11 is 0. The fraction of sp³-hybridized carbons (Fsp3) is 0.190. The second-order valence-corrected chi connectivity index (χ2v) is 7.12. The van der Waals surface area contributed by atoms with Crippen LogP contribution < -0.4 is 4.74 Å². The van der Waals surface area contributed by atoms with Gasteiger partial charge in [0.15, 0.2) is 5.82 Å². The van der Waals surface area contributed by atoms with Gasteiger partial charge in [-0.05, 0) is 29.8 Å². The van der Waals surface area contributed by atoms with Gasteiger partial charge in [-0.1, -0.05) is 26.0 Å². The van der Waals surface area contributed by atoms with Gasteiger partial charge in [0.1, 0.15) is 12.9 Å². The summed E-state index contributed by atoms with van der Waals surface area (Å²) in [4.78, 5) is 20.0. The van der Waals surface area contributed by atoms with E-state index in [1.165, 1.54) is 18.5 Å². The highest BCUT2D eigenvalue weighted by Gasteiger charge is 2.23. The zero-order valence-corrected chi connectivity index (χ0v) is 15.9. The largest absolute Gasteiger partial charge is 0.463 e. The van der Waals surface area contributed by atoms with Crippen LogP contribution >= 0.6 is 0 Å². The molecule has 4 rings (SSSR count). The van der Waals surface area contributed by atoms with Crippen LogP contribution in [0.4, 0.5) is 10.1 Å². The highest BCUT2D eigenvalue weighted by Crippen LogP contribution is 2.28. The Hall–Kier alpha value is -3.86. The Bertz CT molecular complexity index is 1230. The van der Waals surface area contributed by atoms with Gasteiger partial charge in [-0.2, -0.15) is 9.37 Å². The SMILES string of the molecule is [C-]#[N+]c1cnc(OCC(C)(C)c2ccnc(F)c2)nc1-n1cnc2ccccc21. The minimum absolute atomic E-state index is 0.132. The molecule has 0 fully saturated rings. The smallest absolute Gasteiger partial charge is 0.315 e. The summed E-state index contributed by atoms with van der Waals surface area (Å²) in [5.74, 6) is -0.144. The lowest BCUT2D eigenvalue weighted by Crippen LogP contribution is -2.27. The third-order valence-corrected chi connectivity index (χ3v) is 4.60. The van der Waals surface area contributed by atoms with E-state index in [0.29, 0.717) is 5.82 Å². The fourth-order valence-corrected chi connectivity index (χ4v) is 2.96. The van der Waals surface area contributed by atoms with Crippen molar-refractivity contribution in [1.82, 2.24) is 24.5 Å². The number of aromatic nitrogens is 5. The number of hydrogen-bond donors (Lipinski definition) is 0. The molecule has 29 heavy (non-hydrogen) atoms. The average molecular weight is 388 g/mol. The van der Waals surface area contributed by atoms with E-state index in [1.807, 2.05) is 38.1 Å². The van der Waals surface area contributed by atoms with Gasteiger partial charge >= 0.3 is 6.01 Å². The molecule has 4 aromatic rings. The van der Waals surface area contributed by atoms with Crippen LogP contribution in [0.5, 0.6) is 6.01 Å². The van der Waals surface area contributed by atoms with Crippen molar-refractivity contribution >= 4 is 16.7 Å². The number of ether oxygens (including phenoxy) is 1. The summed E-state index contributed by atoms with van der Waals surface area (Å²) in [5, 5.41) is 0. The molecule has 0 unspecified atom stereocenters. The predicted octanol–water partition coefficient (Wildman–Crippen LogP) is 4.26. The quantitative estimate of drug-likeness (QED) is 0.377. The molecule has 0 aliphatic rings. The Morgan fingerprint density at radius 1 is 1.17 bits per heavy atom. The Labute approximate surface area is 166 Å². The highest BCUT2D eigenvalue weighted by molar-refractivity contribution is 5.78. The molecule has 8 heteroatoms. The minimum atomic E-state index is -0.539. The second kappa shape index (κ2) is 7.28. The number of para-hydroxylation sites is 2. The molecule has 0 atom stereocenters. The summed E-state index contributed by atoms with van der Waals surface area (Å²) in [7, 11) is 0. The molecule has 3 heterocycles. The average Bonchev–Trinajstić information content (AvgIpc) is 3.16. The van der Waals surface area contributed by atoms with E-state index < -0.39 is 11.4 Å². The molecule has 0 spiro atoms. The first-order valence-corrected chi connectivity index (χ1v) is 8.90. The maximum absolute atomic E-state index is 13.5. The maximum Gasteiger partial charge on any atom is 0.315 e. The molecule has 0 N–H and O–H groups in total. The van der Waals surface area contributed by atoms with Gasteiger partial charge in [0.25, 0.3) is 0 Å². The van der Waals surface area contributed by atoms with Gasteiger partial charge in [-0.15, -0.1) is 0 Å². The molecule has 0 radical (unpaired) electrons. The van der Waals surface area contributed by atoms with Gasteiger partial charge in [0.05, 0.1) is 17.6 Å². The first-order chi connectivity index (χ1) is 14.0. The van der Waals surface area contributed by atoms with Crippen molar-refractivity contribution in [2.24, 2.45) is 0 Å². The minimum Gasteiger partial charge on any atom is -0.463 e. The van der Waals surface area contributed by atoms with Crippen LogP contribution in [0.1, 0.15) is 19.4 Å². The number of nitrogens with zero attached hydrogens (tertiary/aromatic N) is 6. The predicted molar refractivity (Wildman–Crippen MR) is 106 cm³/mol. The van der Waals surface area contributed by atoms with Crippen LogP contribution in [0.3, 0.4) is 0 Å². The highest BCUT2D eigenvalue weighted by atomic mass is 19.1. The number of imidazole rings is 1. The third-order valence-electron chi connectivity index (χ3n) is 4.60. The number of rotatable bonds is 5. The maximum atomic E-state index is 13.5. The molecule has 0 saturated carbocycles. The van der Waals surface area contributed by atoms with Gasteiger partial charge in [-0.3, -0.25) is 4.57 Å². The van der Waals surface area contributed by atoms with Crippen LogP contribution in [0.25, 0.3) is 21.7 Å². The molecule has 0 aliphatic heterocycles. The Kier molecular flexibility index (Phi) is 4.64. The van der Waals surface area contributed by atoms with Crippen molar-refractivity contribution in [2.45, 2.75) is 19.3 Å². The molecular formula is C21H17FN6O. The standard InChI is InChI=1S/C21H17FN6O/c1-21(2,14-8-9-24-18(22)10-14)12-29-20-25-11-16(23-3)19(27-20)28-13-26-15-6-4-5-7-17(15)28/h4-11,13H,12H2,1-2H3. The van der Waals surface area contributed by atoms with Crippen LogP contribution in [-0.4, -0.2) is 31.1 Å². The normalized spacial score (nSPS) is 11.4. The summed E-state index contributed by atoms with van der Waals surface area (Å²) in [6, 6.07) is 10.8. The summed E-state index contributed by atoms with van der Waals surface area (Å²) in [6.07, 6.45) is 4.48. The van der Waals surface area contributed by atoms with E-state index in [0.717, 1.165) is 16.6 Å². The van der Waals surface area contributed by atoms with Crippen LogP contribution in [0.2, 0.25) is 0 Å². The first kappa shape index (κ1) is 18.5. The molecule has 0 bridgehead atoms. The van der Waals surface area contributed by atoms with Crippen molar-refractivity contribution in [1.29, 1.82) is 0 Å². The molecule has 0 aliphatic carbocycles. The van der Waals surface area contributed by atoms with E-state index in [-0.39, 0.29) is 18.3 Å². The molecule has 0 amide bonds. The van der Waals surface area contributed by atoms with Crippen LogP contribution in [-0.2, 0) is 5.41 Å². The number of benzene rings is 1. The first-order valence-electron chi connectivity index (χ1n) is 8.90. The lowest BCUT2D eigenvalue weighted by atomic mass is 9.86. The summed E-state index contributed by atoms with van der Waals surface area (Å²) < 4.78 is 21.0. The van der Waals surface area contributed by atoms with Gasteiger partial charge < -0.3 is 4.74 Å². The lowest BCUT2D eigenvalue weighted by Gasteiger charge is -2.24. The summed E-state index contributed by atoms with van der Waals surface area (Å²) in [6.45, 7) is 11.5. The van der Waals surface area contributed by atoms with Crippen LogP contribution in [0, 0.1) is 12.5 Å². The van der Waals surface area contributed by atoms with Crippen molar-refractivity contribution < 1.29 is 9.13 Å². The Morgan fingerprint density at radius 3 is 2.79 bits per heavy atom. The van der Waals surface area contributed by atoms with E-state index >= 15 is 0 Å². The zero-order valence-electron chi connectivity index (χ0n) is 15.9. The summed E-state index contributed by atoms with van der Waals surface area (Å²) in [5.41, 5.74) is 2.17. The number of fused-ring (bicyclic) bond motifs is 1. The monoisotopic (exact) mass is 388 g/mol. The van der Waals surface area contributed by atoms with Gasteiger partial charge in [-0.25, -0.2) is 19.8 Å². The molecule has 3 aromatic heterocycles. The van der Waals surface area contributed by atoms with E-state index in [2.05, 4.69) is 24.8 Å². The molecular weight excluding hydrogens is 371 g/mol. The van der Waals surface area contributed by atoms with Crippen molar-refractivity contribution in [3.05, 3.63) is 78.0 Å². The molecule has 144 valence electrons. The number of hydrogen-bond acceptors (Lipinski definition) is 5. The Morgan fingerprint density at radius 2 is 2.00 bits per heavy atom. The number of halogens is 1. The van der Waals surface area contributed by atoms with Crippen molar-refractivity contribution in [2.75, 3.05) is 6.61 Å². The van der Waals surface area contributed by atoms with E-state index in [1.54, 1.807) is 17.0 Å². The Balaban J connectivity index is 1.65. The second-order valence-electron chi connectivity index (χ2n) is 7.12.